The van der Waals surface area contributed by atoms with Crippen LogP contribution in [0.1, 0.15) is 58.7 Å². The molecule has 0 radical (unpaired) electrons. The highest BCUT2D eigenvalue weighted by Crippen LogP contribution is 2.36. The zero-order chi connectivity index (χ0) is 27.8. The van der Waals surface area contributed by atoms with Crippen LogP contribution in [-0.2, 0) is 4.74 Å². The Morgan fingerprint density at radius 2 is 1.33 bits per heavy atom. The zero-order valence-electron chi connectivity index (χ0n) is 20.3. The lowest BCUT2D eigenvalue weighted by molar-refractivity contribution is 0.0280. The Morgan fingerprint density at radius 1 is 0.744 bits per heavy atom. The van der Waals surface area contributed by atoms with E-state index in [0.29, 0.717) is 21.7 Å². The van der Waals surface area contributed by atoms with Crippen LogP contribution in [0.4, 0.5) is 5.69 Å². The van der Waals surface area contributed by atoms with Gasteiger partial charge in [0.05, 0.1) is 32.4 Å². The Kier molecular flexibility index (Phi) is 7.28. The zero-order valence-corrected chi connectivity index (χ0v) is 22.6. The summed E-state index contributed by atoms with van der Waals surface area (Å²) in [6.45, 7) is 1.70. The van der Waals surface area contributed by atoms with E-state index >= 15 is 0 Å². The third-order valence-electron chi connectivity index (χ3n) is 6.31. The number of anilines is 1. The second-order valence-corrected chi connectivity index (χ2v) is 10.1. The second-order valence-electron chi connectivity index (χ2n) is 8.83. The molecule has 1 heterocycles. The Hall–Kier alpha value is -3.97. The molecule has 0 aliphatic carbocycles. The number of halogens is 3. The van der Waals surface area contributed by atoms with E-state index in [1.807, 2.05) is 0 Å². The summed E-state index contributed by atoms with van der Waals surface area (Å²) in [6.07, 6.45) is -1.26. The van der Waals surface area contributed by atoms with Crippen LogP contribution in [0, 0.1) is 6.92 Å². The Labute approximate surface area is 238 Å². The van der Waals surface area contributed by atoms with Gasteiger partial charge in [0.2, 0.25) is 5.78 Å². The number of ketones is 1. The summed E-state index contributed by atoms with van der Waals surface area (Å²) < 4.78 is 5.73. The molecule has 0 unspecified atom stereocenters. The number of fused-ring (bicyclic) bond motifs is 1. The number of Topliss-reactive ketones (excluding diaryl/α,β-unsaturated/α-hetero) is 1. The molecule has 1 atom stereocenters. The van der Waals surface area contributed by atoms with Crippen molar-refractivity contribution in [3.8, 4) is 0 Å². The van der Waals surface area contributed by atoms with E-state index in [2.05, 4.69) is 0 Å². The fourth-order valence-corrected chi connectivity index (χ4v) is 4.72. The van der Waals surface area contributed by atoms with Crippen LogP contribution >= 0.6 is 34.8 Å². The van der Waals surface area contributed by atoms with Gasteiger partial charge in [-0.15, -0.1) is 0 Å². The number of carbonyl (C=O) groups excluding carboxylic acids is 4. The molecule has 0 spiro atoms. The van der Waals surface area contributed by atoms with E-state index in [9.17, 15) is 19.2 Å². The molecule has 0 bridgehead atoms. The minimum atomic E-state index is -1.26. The normalized spacial score (nSPS) is 13.3. The summed E-state index contributed by atoms with van der Waals surface area (Å²) in [7, 11) is 0. The van der Waals surface area contributed by atoms with E-state index in [-0.39, 0.29) is 32.4 Å². The van der Waals surface area contributed by atoms with Crippen molar-refractivity contribution in [2.45, 2.75) is 13.0 Å². The molecule has 0 aromatic heterocycles. The number of benzene rings is 4. The van der Waals surface area contributed by atoms with Gasteiger partial charge in [-0.2, -0.15) is 0 Å². The molecule has 5 rings (SSSR count). The summed E-state index contributed by atoms with van der Waals surface area (Å²) in [5, 5.41) is 0.746. The number of hydrogen-bond donors (Lipinski definition) is 0. The van der Waals surface area contributed by atoms with Crippen molar-refractivity contribution in [3.05, 3.63) is 133 Å². The molecule has 1 aliphatic rings. The first kappa shape index (κ1) is 26.6. The molecule has 4 aromatic rings. The largest absolute Gasteiger partial charge is 0.445 e. The van der Waals surface area contributed by atoms with Gasteiger partial charge >= 0.3 is 5.97 Å². The predicted octanol–water partition coefficient (Wildman–Crippen LogP) is 7.54. The van der Waals surface area contributed by atoms with Gasteiger partial charge in [0.15, 0.2) is 6.10 Å². The first-order chi connectivity index (χ1) is 18.7. The van der Waals surface area contributed by atoms with Gasteiger partial charge in [0.25, 0.3) is 11.8 Å². The number of amides is 2. The molecule has 6 nitrogen and oxygen atoms in total. The highest BCUT2D eigenvalue weighted by molar-refractivity contribution is 6.44. The number of aryl methyl sites for hydroxylation is 1. The standard InChI is InChI=1S/C30H18Cl3NO5/c1-16-7-8-19(13-25(16)34-28(36)21-14-23(32)24(33)15-22(21)29(34)37)30(38)39-27(18-9-11-20(31)12-10-18)26(35)17-5-3-2-4-6-17/h2-15,27H,1H3/t27-/m0/s1. The van der Waals surface area contributed by atoms with E-state index in [1.54, 1.807) is 67.6 Å². The Bertz CT molecular complexity index is 1610. The molecule has 39 heavy (non-hydrogen) atoms. The molecule has 0 N–H and O–H groups in total. The van der Waals surface area contributed by atoms with E-state index in [4.69, 9.17) is 39.5 Å². The average Bonchev–Trinajstić information content (AvgIpc) is 3.17. The molecule has 2 amide bonds. The predicted molar refractivity (Wildman–Crippen MR) is 149 cm³/mol. The van der Waals surface area contributed by atoms with Crippen molar-refractivity contribution in [2.75, 3.05) is 4.90 Å². The van der Waals surface area contributed by atoms with Crippen LogP contribution < -0.4 is 4.90 Å². The fourth-order valence-electron chi connectivity index (χ4n) is 4.27. The lowest BCUT2D eigenvalue weighted by atomic mass is 9.99. The topological polar surface area (TPSA) is 80.8 Å². The van der Waals surface area contributed by atoms with Gasteiger partial charge in [-0.1, -0.05) is 83.3 Å². The first-order valence-corrected chi connectivity index (χ1v) is 12.8. The summed E-state index contributed by atoms with van der Waals surface area (Å²) in [4.78, 5) is 54.0. The summed E-state index contributed by atoms with van der Waals surface area (Å²) in [6, 6.07) is 22.0. The maximum absolute atomic E-state index is 13.4. The van der Waals surface area contributed by atoms with Crippen molar-refractivity contribution in [1.29, 1.82) is 0 Å². The Morgan fingerprint density at radius 3 is 1.92 bits per heavy atom. The Balaban J connectivity index is 1.48. The van der Waals surface area contributed by atoms with Gasteiger partial charge in [-0.25, -0.2) is 9.69 Å². The van der Waals surface area contributed by atoms with Crippen molar-refractivity contribution in [3.63, 3.8) is 0 Å². The molecular weight excluding hydrogens is 561 g/mol. The van der Waals surface area contributed by atoms with Crippen molar-refractivity contribution < 1.29 is 23.9 Å². The third kappa shape index (κ3) is 5.06. The molecule has 4 aromatic carbocycles. The van der Waals surface area contributed by atoms with Gasteiger partial charge in [0.1, 0.15) is 0 Å². The highest BCUT2D eigenvalue weighted by atomic mass is 35.5. The SMILES string of the molecule is Cc1ccc(C(=O)O[C@H](C(=O)c2ccccc2)c2ccc(Cl)cc2)cc1N1C(=O)c2cc(Cl)c(Cl)cc2C1=O. The molecule has 0 saturated heterocycles. The van der Waals surface area contributed by atoms with E-state index in [1.165, 1.54) is 24.3 Å². The number of hydrogen-bond acceptors (Lipinski definition) is 5. The molecule has 0 saturated carbocycles. The summed E-state index contributed by atoms with van der Waals surface area (Å²) in [5.41, 5.74) is 1.81. The van der Waals surface area contributed by atoms with Crippen LogP contribution in [0.3, 0.4) is 0 Å². The molecule has 1 aliphatic heterocycles. The minimum Gasteiger partial charge on any atom is -0.445 e. The number of ether oxygens (including phenoxy) is 1. The van der Waals surface area contributed by atoms with Gasteiger partial charge < -0.3 is 4.74 Å². The van der Waals surface area contributed by atoms with Gasteiger partial charge in [0, 0.05) is 16.1 Å². The summed E-state index contributed by atoms with van der Waals surface area (Å²) >= 11 is 18.1. The molecule has 9 heteroatoms. The third-order valence-corrected chi connectivity index (χ3v) is 7.28. The second kappa shape index (κ2) is 10.7. The number of esters is 1. The maximum atomic E-state index is 13.4. The van der Waals surface area contributed by atoms with Crippen LogP contribution in [0.15, 0.2) is 84.9 Å². The van der Waals surface area contributed by atoms with Crippen LogP contribution in [0.2, 0.25) is 15.1 Å². The average molecular weight is 579 g/mol. The van der Waals surface area contributed by atoms with Gasteiger partial charge in [-0.3, -0.25) is 14.4 Å². The van der Waals surface area contributed by atoms with E-state index in [0.717, 1.165) is 4.90 Å². The number of nitrogens with zero attached hydrogens (tertiary/aromatic N) is 1. The van der Waals surface area contributed by atoms with E-state index < -0.39 is 29.7 Å². The molecule has 0 fully saturated rings. The summed E-state index contributed by atoms with van der Waals surface area (Å²) in [5.74, 6) is -2.43. The monoisotopic (exact) mass is 577 g/mol. The van der Waals surface area contributed by atoms with Crippen molar-refractivity contribution >= 4 is 64.1 Å². The van der Waals surface area contributed by atoms with Crippen LogP contribution in [-0.4, -0.2) is 23.6 Å². The lowest BCUT2D eigenvalue weighted by Crippen LogP contribution is -2.30. The van der Waals surface area contributed by atoms with Gasteiger partial charge in [-0.05, 0) is 48.9 Å². The minimum absolute atomic E-state index is 0.0445. The quantitative estimate of drug-likeness (QED) is 0.134. The van der Waals surface area contributed by atoms with Crippen LogP contribution in [0.5, 0.6) is 0 Å². The van der Waals surface area contributed by atoms with Crippen LogP contribution in [0.25, 0.3) is 0 Å². The van der Waals surface area contributed by atoms with Crippen molar-refractivity contribution in [1.82, 2.24) is 0 Å². The maximum Gasteiger partial charge on any atom is 0.339 e. The van der Waals surface area contributed by atoms with Crippen molar-refractivity contribution in [2.24, 2.45) is 0 Å². The molecular formula is C30H18Cl3NO5. The molecule has 194 valence electrons. The lowest BCUT2D eigenvalue weighted by Gasteiger charge is -2.20. The first-order valence-electron chi connectivity index (χ1n) is 11.7. The smallest absolute Gasteiger partial charge is 0.339 e. The fraction of sp³-hybridized carbons (Fsp3) is 0.0667. The number of imide groups is 1. The highest BCUT2D eigenvalue weighted by Gasteiger charge is 2.38. The number of rotatable bonds is 6. The number of carbonyl (C=O) groups is 4.